The quantitative estimate of drug-likeness (QED) is 0.169. The predicted molar refractivity (Wildman–Crippen MR) is 182 cm³/mol. The van der Waals surface area contributed by atoms with Crippen molar-refractivity contribution in [3.63, 3.8) is 0 Å². The molecule has 206 valence electrons. The molecule has 0 aliphatic rings. The van der Waals surface area contributed by atoms with Crippen LogP contribution in [0.3, 0.4) is 0 Å². The number of thiophene rings is 8. The van der Waals surface area contributed by atoms with E-state index in [9.17, 15) is 8.78 Å². The van der Waals surface area contributed by atoms with E-state index in [1.54, 1.807) is 57.5 Å². The highest BCUT2D eigenvalue weighted by molar-refractivity contribution is 7.46. The topological polar surface area (TPSA) is 25.8 Å². The van der Waals surface area contributed by atoms with Gasteiger partial charge in [-0.05, 0) is 12.1 Å². The molecular weight excluding hydrogens is 737 g/mol. The van der Waals surface area contributed by atoms with Crippen molar-refractivity contribution >= 4 is 170 Å². The molecule has 10 rings (SSSR count). The molecule has 10 aromatic rings. The van der Waals surface area contributed by atoms with E-state index in [1.807, 2.05) is 12.1 Å². The SMILES string of the molecule is Fc1cc2sc3c4sc(-c5nc(F)c(-c6sc(-c7cc8sc9c%10sc(F)cc%10sc9c8s7)nc6F)s5)cc4sc3c2s1. The molecule has 10 aromatic heterocycles. The first-order valence-corrected chi connectivity index (χ1v) is 20.0. The Morgan fingerprint density at radius 1 is 0.381 bits per heavy atom. The summed E-state index contributed by atoms with van der Waals surface area (Å²) in [5.74, 6) is -1.42. The molecule has 0 aromatic carbocycles. The third-order valence-electron chi connectivity index (χ3n) is 6.62. The fraction of sp³-hybridized carbons (Fsp3) is 0. The summed E-state index contributed by atoms with van der Waals surface area (Å²) in [4.78, 5) is 10.3. The Bertz CT molecular complexity index is 2520. The molecule has 0 atom stereocenters. The van der Waals surface area contributed by atoms with E-state index in [1.165, 1.54) is 22.7 Å². The van der Waals surface area contributed by atoms with Crippen LogP contribution in [0.5, 0.6) is 0 Å². The van der Waals surface area contributed by atoms with Gasteiger partial charge in [-0.2, -0.15) is 17.6 Å². The van der Waals surface area contributed by atoms with Gasteiger partial charge in [0.2, 0.25) is 11.9 Å². The molecule has 2 nitrogen and oxygen atoms in total. The van der Waals surface area contributed by atoms with E-state index in [0.29, 0.717) is 10.0 Å². The third-order valence-corrected chi connectivity index (χ3v) is 19.3. The fourth-order valence-corrected chi connectivity index (χ4v) is 17.7. The van der Waals surface area contributed by atoms with Gasteiger partial charge in [0.1, 0.15) is 19.8 Å². The van der Waals surface area contributed by atoms with E-state index in [-0.39, 0.29) is 20.0 Å². The second-order valence-corrected chi connectivity index (χ2v) is 19.4. The summed E-state index contributed by atoms with van der Waals surface area (Å²) in [6, 6.07) is 7.13. The second kappa shape index (κ2) is 8.87. The first-order chi connectivity index (χ1) is 20.4. The first-order valence-electron chi connectivity index (χ1n) is 11.8. The van der Waals surface area contributed by atoms with Gasteiger partial charge in [0.05, 0.1) is 56.8 Å². The predicted octanol–water partition coefficient (Wildman–Crippen LogP) is 13.6. The molecule has 0 saturated heterocycles. The molecule has 0 spiro atoms. The minimum atomic E-state index is -0.710. The molecule has 42 heavy (non-hydrogen) atoms. The number of nitrogens with zero attached hydrogens (tertiary/aromatic N) is 2. The molecule has 0 amide bonds. The van der Waals surface area contributed by atoms with Gasteiger partial charge in [0.15, 0.2) is 10.3 Å². The summed E-state index contributed by atoms with van der Waals surface area (Å²) in [7, 11) is 0. The zero-order chi connectivity index (χ0) is 28.0. The van der Waals surface area contributed by atoms with Crippen molar-refractivity contribution in [2.75, 3.05) is 0 Å². The zero-order valence-corrected chi connectivity index (χ0v) is 28.0. The summed E-state index contributed by atoms with van der Waals surface area (Å²) < 4.78 is 70.4. The summed E-state index contributed by atoms with van der Waals surface area (Å²) in [5, 5.41) is 0.624. The minimum absolute atomic E-state index is 0.140. The van der Waals surface area contributed by atoms with Crippen molar-refractivity contribution in [1.29, 1.82) is 0 Å². The highest BCUT2D eigenvalue weighted by Crippen LogP contribution is 2.53. The molecule has 0 fully saturated rings. The Kier molecular flexibility index (Phi) is 5.38. The van der Waals surface area contributed by atoms with E-state index in [2.05, 4.69) is 9.97 Å². The average Bonchev–Trinajstić information content (AvgIpc) is 3.75. The molecule has 0 aliphatic carbocycles. The number of thiazole rings is 2. The fourth-order valence-electron chi connectivity index (χ4n) is 4.90. The van der Waals surface area contributed by atoms with Crippen molar-refractivity contribution in [2.24, 2.45) is 0 Å². The van der Waals surface area contributed by atoms with E-state index in [0.717, 1.165) is 112 Å². The monoisotopic (exact) mass is 740 g/mol. The minimum Gasteiger partial charge on any atom is -0.206 e. The number of hydrogen-bond donors (Lipinski definition) is 0. The molecular formula is C26H4F4N2S10. The lowest BCUT2D eigenvalue weighted by Gasteiger charge is -1.89. The van der Waals surface area contributed by atoms with E-state index >= 15 is 8.78 Å². The van der Waals surface area contributed by atoms with Gasteiger partial charge in [-0.3, -0.25) is 0 Å². The van der Waals surface area contributed by atoms with Crippen molar-refractivity contribution in [3.8, 4) is 29.5 Å². The summed E-state index contributed by atoms with van der Waals surface area (Å²) in [6.45, 7) is 0. The van der Waals surface area contributed by atoms with Gasteiger partial charge in [0, 0.05) is 21.5 Å². The van der Waals surface area contributed by atoms with Crippen LogP contribution >= 0.6 is 113 Å². The van der Waals surface area contributed by atoms with Crippen LogP contribution in [0.4, 0.5) is 17.6 Å². The van der Waals surface area contributed by atoms with Crippen molar-refractivity contribution in [1.82, 2.24) is 9.97 Å². The summed E-state index contributed by atoms with van der Waals surface area (Å²) in [6.07, 6.45) is 0. The number of aromatic nitrogens is 2. The Labute approximate surface area is 270 Å². The number of hydrogen-bond acceptors (Lipinski definition) is 12. The molecule has 0 radical (unpaired) electrons. The third kappa shape index (κ3) is 3.53. The standard InChI is InChI=1S/C26H4F4N2S10/c27-11-3-7-15(39-11)19-17(35-7)13-5(33-19)1-9(37-13)25-31-23(29)21(41-25)22-24(30)32-26(42-22)10-2-6-14(38-10)18-20(34-6)16-8(36-18)4-12(28)40-16/h1-4H. The Hall–Kier alpha value is -1.86. The number of rotatable bonds is 3. The van der Waals surface area contributed by atoms with Crippen LogP contribution in [-0.4, -0.2) is 9.97 Å². The lowest BCUT2D eigenvalue weighted by Crippen LogP contribution is -1.80. The van der Waals surface area contributed by atoms with Crippen LogP contribution in [0, 0.1) is 22.2 Å². The lowest BCUT2D eigenvalue weighted by atomic mass is 10.4. The molecule has 0 N–H and O–H groups in total. The molecule has 16 heteroatoms. The van der Waals surface area contributed by atoms with Crippen molar-refractivity contribution in [2.45, 2.75) is 0 Å². The number of halogens is 4. The summed E-state index contributed by atoms with van der Waals surface area (Å²) in [5.41, 5.74) is 0. The van der Waals surface area contributed by atoms with Gasteiger partial charge in [0.25, 0.3) is 0 Å². The van der Waals surface area contributed by atoms with Crippen molar-refractivity contribution < 1.29 is 17.6 Å². The Morgan fingerprint density at radius 3 is 1.14 bits per heavy atom. The molecule has 0 saturated carbocycles. The molecule has 0 bridgehead atoms. The van der Waals surface area contributed by atoms with Gasteiger partial charge >= 0.3 is 0 Å². The normalized spacial score (nSPS) is 12.8. The van der Waals surface area contributed by atoms with Gasteiger partial charge < -0.3 is 0 Å². The van der Waals surface area contributed by atoms with Crippen molar-refractivity contribution in [3.05, 3.63) is 46.4 Å². The van der Waals surface area contributed by atoms with Crippen LogP contribution in [-0.2, 0) is 0 Å². The van der Waals surface area contributed by atoms with E-state index in [4.69, 9.17) is 0 Å². The highest BCUT2D eigenvalue weighted by atomic mass is 32.1. The maximum atomic E-state index is 15.2. The van der Waals surface area contributed by atoms with Crippen LogP contribution in [0.2, 0.25) is 0 Å². The number of fused-ring (bicyclic) bond motifs is 10. The smallest absolute Gasteiger partial charge is 0.206 e. The Morgan fingerprint density at radius 2 is 0.738 bits per heavy atom. The molecule has 0 unspecified atom stereocenters. The van der Waals surface area contributed by atoms with E-state index < -0.39 is 11.9 Å². The van der Waals surface area contributed by atoms with Gasteiger partial charge in [-0.1, -0.05) is 0 Å². The lowest BCUT2D eigenvalue weighted by molar-refractivity contribution is 0.583. The van der Waals surface area contributed by atoms with Crippen LogP contribution in [0.1, 0.15) is 0 Å². The average molecular weight is 741 g/mol. The van der Waals surface area contributed by atoms with Gasteiger partial charge in [-0.25, -0.2) is 9.97 Å². The highest BCUT2D eigenvalue weighted by Gasteiger charge is 2.25. The van der Waals surface area contributed by atoms with Gasteiger partial charge in [-0.15, -0.1) is 113 Å². The Balaban J connectivity index is 1.03. The molecule has 0 aliphatic heterocycles. The maximum absolute atomic E-state index is 15.2. The first kappa shape index (κ1) is 25.5. The van der Waals surface area contributed by atoms with Crippen LogP contribution in [0.15, 0.2) is 24.3 Å². The van der Waals surface area contributed by atoms with Crippen LogP contribution in [0.25, 0.3) is 85.9 Å². The second-order valence-electron chi connectivity index (χ2n) is 9.10. The zero-order valence-electron chi connectivity index (χ0n) is 19.8. The maximum Gasteiger partial charge on any atom is 0.233 e. The van der Waals surface area contributed by atoms with Crippen LogP contribution < -0.4 is 0 Å². The molecule has 10 heterocycles. The summed E-state index contributed by atoms with van der Waals surface area (Å²) >= 11 is 14.0. The largest absolute Gasteiger partial charge is 0.233 e.